The van der Waals surface area contributed by atoms with Crippen molar-refractivity contribution in [3.05, 3.63) is 112 Å². The Labute approximate surface area is 250 Å². The van der Waals surface area contributed by atoms with Crippen LogP contribution in [0.15, 0.2) is 91.0 Å². The van der Waals surface area contributed by atoms with E-state index in [1.54, 1.807) is 20.8 Å². The summed E-state index contributed by atoms with van der Waals surface area (Å²) in [7, 11) is 1.93. The van der Waals surface area contributed by atoms with Crippen LogP contribution in [0.2, 0.25) is 0 Å². The molecule has 0 saturated carbocycles. The third-order valence-corrected chi connectivity index (χ3v) is 7.70. The Morgan fingerprint density at radius 1 is 0.714 bits per heavy atom. The van der Waals surface area contributed by atoms with Gasteiger partial charge in [-0.1, -0.05) is 103 Å². The molecule has 0 aliphatic heterocycles. The van der Waals surface area contributed by atoms with Crippen LogP contribution in [0.4, 0.5) is 0 Å². The first kappa shape index (κ1) is 28.8. The first-order valence-electron chi connectivity index (χ1n) is 13.9. The minimum absolute atomic E-state index is 0.183. The van der Waals surface area contributed by atoms with E-state index >= 15 is 0 Å². The van der Waals surface area contributed by atoms with Gasteiger partial charge >= 0.3 is 11.9 Å². The maximum absolute atomic E-state index is 13.6. The molecule has 5 aromatic rings. The van der Waals surface area contributed by atoms with Gasteiger partial charge in [-0.25, -0.2) is 9.59 Å². The van der Waals surface area contributed by atoms with E-state index in [-0.39, 0.29) is 24.5 Å². The lowest BCUT2D eigenvalue weighted by Gasteiger charge is -2.24. The predicted molar refractivity (Wildman–Crippen MR) is 169 cm³/mol. The molecule has 0 bridgehead atoms. The number of nitrogens with zero attached hydrogens (tertiary/aromatic N) is 1. The summed E-state index contributed by atoms with van der Waals surface area (Å²) in [5.41, 5.74) is 7.37. The van der Waals surface area contributed by atoms with Crippen LogP contribution >= 0.6 is 12.2 Å². The Balaban J connectivity index is 2.04. The molecule has 7 heteroatoms. The largest absolute Gasteiger partial charge is 0.462 e. The van der Waals surface area contributed by atoms with Crippen molar-refractivity contribution in [3.63, 3.8) is 0 Å². The highest BCUT2D eigenvalue weighted by atomic mass is 32.1. The van der Waals surface area contributed by atoms with Crippen molar-refractivity contribution < 1.29 is 19.1 Å². The monoisotopic (exact) mass is 576 g/mol. The minimum atomic E-state index is -0.540. The van der Waals surface area contributed by atoms with E-state index in [2.05, 4.69) is 4.98 Å². The summed E-state index contributed by atoms with van der Waals surface area (Å²) in [4.78, 5) is 30.1. The molecule has 5 rings (SSSR count). The fourth-order valence-corrected chi connectivity index (χ4v) is 5.69. The molecule has 0 fully saturated rings. The van der Waals surface area contributed by atoms with E-state index in [9.17, 15) is 9.59 Å². The average molecular weight is 577 g/mol. The zero-order valence-electron chi connectivity index (χ0n) is 24.1. The number of ether oxygens (including phenoxy) is 2. The van der Waals surface area contributed by atoms with Gasteiger partial charge < -0.3 is 19.0 Å². The standard InChI is InChI=1S/C35H32N2O4S/c1-5-40-34(38)26-22(3)30(35(39)41-6-2)36-31(26)29-27(23-16-10-7-11-17-23)28(24-18-12-8-13-19-24)33(42)37(4)32(29)25-20-14-9-15-21-25/h7-21,36H,5-6H2,1-4H3. The molecule has 0 aliphatic rings. The number of benzene rings is 3. The Bertz CT molecular complexity index is 1810. The maximum atomic E-state index is 13.6. The van der Waals surface area contributed by atoms with Crippen molar-refractivity contribution in [3.8, 4) is 44.8 Å². The third kappa shape index (κ3) is 5.19. The van der Waals surface area contributed by atoms with Crippen molar-refractivity contribution in [1.82, 2.24) is 9.55 Å². The van der Waals surface area contributed by atoms with Gasteiger partial charge in [0.25, 0.3) is 0 Å². The minimum Gasteiger partial charge on any atom is -0.462 e. The van der Waals surface area contributed by atoms with Crippen LogP contribution < -0.4 is 0 Å². The molecule has 0 unspecified atom stereocenters. The van der Waals surface area contributed by atoms with Crippen LogP contribution in [-0.4, -0.2) is 34.7 Å². The second-order valence-corrected chi connectivity index (χ2v) is 10.1. The van der Waals surface area contributed by atoms with Crippen LogP contribution in [-0.2, 0) is 16.5 Å². The average Bonchev–Trinajstić information content (AvgIpc) is 3.36. The maximum Gasteiger partial charge on any atom is 0.355 e. The van der Waals surface area contributed by atoms with Gasteiger partial charge in [0.2, 0.25) is 0 Å². The van der Waals surface area contributed by atoms with E-state index in [4.69, 9.17) is 21.7 Å². The molecule has 0 aliphatic carbocycles. The van der Waals surface area contributed by atoms with Crippen molar-refractivity contribution in [2.75, 3.05) is 13.2 Å². The number of hydrogen-bond donors (Lipinski definition) is 1. The van der Waals surface area contributed by atoms with Gasteiger partial charge in [0.15, 0.2) is 0 Å². The van der Waals surface area contributed by atoms with E-state index in [0.717, 1.165) is 39.1 Å². The summed E-state index contributed by atoms with van der Waals surface area (Å²) < 4.78 is 13.5. The van der Waals surface area contributed by atoms with Gasteiger partial charge in [-0.3, -0.25) is 0 Å². The number of aromatic nitrogens is 2. The first-order chi connectivity index (χ1) is 20.4. The zero-order chi connectivity index (χ0) is 29.8. The highest BCUT2D eigenvalue weighted by Crippen LogP contribution is 2.47. The van der Waals surface area contributed by atoms with Crippen molar-refractivity contribution >= 4 is 24.2 Å². The van der Waals surface area contributed by atoms with E-state index in [1.165, 1.54) is 0 Å². The normalized spacial score (nSPS) is 10.9. The molecule has 3 aromatic carbocycles. The SMILES string of the molecule is CCOC(=O)c1[nH]c(-c2c(-c3ccccc3)c(-c3ccccc3)c(=S)n(C)c2-c2ccccc2)c(C(=O)OCC)c1C. The zero-order valence-corrected chi connectivity index (χ0v) is 24.9. The van der Waals surface area contributed by atoms with E-state index in [0.29, 0.717) is 15.9 Å². The number of pyridine rings is 1. The number of carbonyl (C=O) groups is 2. The van der Waals surface area contributed by atoms with Gasteiger partial charge in [-0.05, 0) is 43.0 Å². The molecule has 2 aromatic heterocycles. The van der Waals surface area contributed by atoms with Crippen LogP contribution in [0.1, 0.15) is 40.3 Å². The summed E-state index contributed by atoms with van der Waals surface area (Å²) in [6, 6.07) is 29.8. The summed E-state index contributed by atoms with van der Waals surface area (Å²) >= 11 is 6.18. The van der Waals surface area contributed by atoms with Gasteiger partial charge in [0.1, 0.15) is 10.3 Å². The number of aromatic amines is 1. The summed E-state index contributed by atoms with van der Waals surface area (Å²) in [6.45, 7) is 5.63. The molecule has 1 N–H and O–H groups in total. The molecule has 42 heavy (non-hydrogen) atoms. The second-order valence-electron chi connectivity index (χ2n) is 9.75. The number of esters is 2. The lowest BCUT2D eigenvalue weighted by molar-refractivity contribution is 0.0519. The fraction of sp³-hybridized carbons (Fsp3) is 0.171. The first-order valence-corrected chi connectivity index (χ1v) is 14.3. The topological polar surface area (TPSA) is 73.3 Å². The molecule has 0 atom stereocenters. The summed E-state index contributed by atoms with van der Waals surface area (Å²) in [5.74, 6) is -1.07. The van der Waals surface area contributed by atoms with Crippen molar-refractivity contribution in [2.45, 2.75) is 20.8 Å². The summed E-state index contributed by atoms with van der Waals surface area (Å²) in [5, 5.41) is 0. The van der Waals surface area contributed by atoms with Crippen LogP contribution in [0.25, 0.3) is 44.8 Å². The van der Waals surface area contributed by atoms with Crippen molar-refractivity contribution in [1.29, 1.82) is 0 Å². The quantitative estimate of drug-likeness (QED) is 0.148. The van der Waals surface area contributed by atoms with Crippen LogP contribution in [0.5, 0.6) is 0 Å². The van der Waals surface area contributed by atoms with Gasteiger partial charge in [-0.2, -0.15) is 0 Å². The number of nitrogens with one attached hydrogen (secondary N) is 1. The highest BCUT2D eigenvalue weighted by molar-refractivity contribution is 7.71. The van der Waals surface area contributed by atoms with Crippen molar-refractivity contribution in [2.24, 2.45) is 7.05 Å². The Morgan fingerprint density at radius 3 is 1.71 bits per heavy atom. The molecule has 2 heterocycles. The molecular weight excluding hydrogens is 544 g/mol. The lowest BCUT2D eigenvalue weighted by Crippen LogP contribution is -2.10. The molecule has 6 nitrogen and oxygen atoms in total. The smallest absolute Gasteiger partial charge is 0.355 e. The second kappa shape index (κ2) is 12.4. The Morgan fingerprint density at radius 2 is 1.19 bits per heavy atom. The highest BCUT2D eigenvalue weighted by Gasteiger charge is 2.32. The number of carbonyl (C=O) groups excluding carboxylic acids is 2. The Kier molecular flexibility index (Phi) is 8.50. The molecule has 0 radical (unpaired) electrons. The molecule has 0 amide bonds. The predicted octanol–water partition coefficient (Wildman–Crippen LogP) is 8.41. The molecule has 0 spiro atoms. The molecule has 0 saturated heterocycles. The Hall–Kier alpha value is -4.75. The van der Waals surface area contributed by atoms with E-state index < -0.39 is 11.9 Å². The van der Waals surface area contributed by atoms with Gasteiger partial charge in [-0.15, -0.1) is 0 Å². The number of rotatable bonds is 8. The summed E-state index contributed by atoms with van der Waals surface area (Å²) in [6.07, 6.45) is 0. The van der Waals surface area contributed by atoms with Crippen LogP contribution in [0, 0.1) is 11.6 Å². The fourth-order valence-electron chi connectivity index (χ4n) is 5.38. The molecular formula is C35H32N2O4S. The third-order valence-electron chi connectivity index (χ3n) is 7.22. The van der Waals surface area contributed by atoms with Crippen LogP contribution in [0.3, 0.4) is 0 Å². The van der Waals surface area contributed by atoms with E-state index in [1.807, 2.05) is 103 Å². The van der Waals surface area contributed by atoms with Gasteiger partial charge in [0, 0.05) is 23.7 Å². The molecule has 212 valence electrons. The number of H-pyrrole nitrogens is 1. The van der Waals surface area contributed by atoms with Gasteiger partial charge in [0.05, 0.1) is 30.2 Å². The number of hydrogen-bond acceptors (Lipinski definition) is 5. The lowest BCUT2D eigenvalue weighted by atomic mass is 9.86.